The van der Waals surface area contributed by atoms with Crippen molar-refractivity contribution in [3.8, 4) is 0 Å². The average Bonchev–Trinajstić information content (AvgIpc) is 2.52. The summed E-state index contributed by atoms with van der Waals surface area (Å²) in [5.41, 5.74) is 1.42. The maximum absolute atomic E-state index is 3.67. The largest absolute Gasteiger partial charge is 0.313 e. The van der Waals surface area contributed by atoms with Gasteiger partial charge in [0.1, 0.15) is 0 Å². The predicted octanol–water partition coefficient (Wildman–Crippen LogP) is 4.39. The summed E-state index contributed by atoms with van der Waals surface area (Å²) in [5, 5.41) is 3.67. The van der Waals surface area contributed by atoms with Crippen molar-refractivity contribution in [1.82, 2.24) is 5.32 Å². The van der Waals surface area contributed by atoms with Gasteiger partial charge in [0.2, 0.25) is 0 Å². The first-order chi connectivity index (χ1) is 9.88. The second-order valence-corrected chi connectivity index (χ2v) is 6.08. The van der Waals surface area contributed by atoms with Crippen molar-refractivity contribution >= 4 is 11.8 Å². The lowest BCUT2D eigenvalue weighted by molar-refractivity contribution is 0.512. The highest BCUT2D eigenvalue weighted by Gasteiger charge is 2.06. The van der Waals surface area contributed by atoms with Crippen molar-refractivity contribution in [3.05, 3.63) is 66.2 Å². The van der Waals surface area contributed by atoms with Gasteiger partial charge in [-0.25, -0.2) is 0 Å². The van der Waals surface area contributed by atoms with E-state index in [-0.39, 0.29) is 0 Å². The van der Waals surface area contributed by atoms with E-state index in [1.807, 2.05) is 11.8 Å². The summed E-state index contributed by atoms with van der Waals surface area (Å²) in [7, 11) is 0. The Labute approximate surface area is 126 Å². The second kappa shape index (κ2) is 8.83. The monoisotopic (exact) mass is 285 g/mol. The van der Waals surface area contributed by atoms with Gasteiger partial charge in [0.25, 0.3) is 0 Å². The first-order valence-electron chi connectivity index (χ1n) is 7.33. The van der Waals surface area contributed by atoms with E-state index in [4.69, 9.17) is 0 Å². The van der Waals surface area contributed by atoms with Crippen LogP contribution in [-0.2, 0) is 6.42 Å². The molecule has 0 heterocycles. The fourth-order valence-electron chi connectivity index (χ4n) is 2.21. The fourth-order valence-corrected chi connectivity index (χ4v) is 3.01. The molecule has 2 aromatic rings. The summed E-state index contributed by atoms with van der Waals surface area (Å²) >= 11 is 1.92. The maximum atomic E-state index is 3.67. The zero-order valence-electron chi connectivity index (χ0n) is 12.1. The topological polar surface area (TPSA) is 12.0 Å². The molecule has 0 aliphatic heterocycles. The molecule has 1 atom stereocenters. The van der Waals surface area contributed by atoms with Gasteiger partial charge in [0, 0.05) is 23.2 Å². The molecule has 0 saturated heterocycles. The van der Waals surface area contributed by atoms with Gasteiger partial charge in [0.05, 0.1) is 0 Å². The predicted molar refractivity (Wildman–Crippen MR) is 89.4 cm³/mol. The van der Waals surface area contributed by atoms with Crippen molar-refractivity contribution in [3.63, 3.8) is 0 Å². The van der Waals surface area contributed by atoms with Gasteiger partial charge < -0.3 is 5.32 Å². The number of rotatable bonds is 8. The fraction of sp³-hybridized carbons (Fsp3) is 0.333. The molecule has 1 N–H and O–H groups in total. The number of hydrogen-bond acceptors (Lipinski definition) is 2. The van der Waals surface area contributed by atoms with Gasteiger partial charge >= 0.3 is 0 Å². The molecule has 2 heteroatoms. The molecule has 2 rings (SSSR count). The molecule has 0 fully saturated rings. The van der Waals surface area contributed by atoms with Crippen LogP contribution >= 0.6 is 11.8 Å². The standard InChI is InChI=1S/C18H23NS/c1-2-17(15-16-9-5-3-6-10-16)19-13-14-20-18-11-7-4-8-12-18/h3-12,17,19H,2,13-15H2,1H3. The third-order valence-electron chi connectivity index (χ3n) is 3.36. The van der Waals surface area contributed by atoms with Crippen LogP contribution in [0.2, 0.25) is 0 Å². The molecule has 0 radical (unpaired) electrons. The Bertz CT molecular complexity index is 469. The van der Waals surface area contributed by atoms with E-state index in [0.29, 0.717) is 6.04 Å². The minimum absolute atomic E-state index is 0.578. The molecular formula is C18H23NS. The van der Waals surface area contributed by atoms with Crippen LogP contribution < -0.4 is 5.32 Å². The van der Waals surface area contributed by atoms with Crippen molar-refractivity contribution in [1.29, 1.82) is 0 Å². The molecular weight excluding hydrogens is 262 g/mol. The Morgan fingerprint density at radius 1 is 0.950 bits per heavy atom. The first kappa shape index (κ1) is 15.1. The summed E-state index contributed by atoms with van der Waals surface area (Å²) in [4.78, 5) is 1.35. The normalized spacial score (nSPS) is 12.2. The van der Waals surface area contributed by atoms with E-state index >= 15 is 0 Å². The lowest BCUT2D eigenvalue weighted by Gasteiger charge is -2.17. The third kappa shape index (κ3) is 5.40. The minimum atomic E-state index is 0.578. The van der Waals surface area contributed by atoms with Crippen LogP contribution in [0.1, 0.15) is 18.9 Å². The number of thioether (sulfide) groups is 1. The molecule has 2 aromatic carbocycles. The van der Waals surface area contributed by atoms with Crippen LogP contribution in [0.3, 0.4) is 0 Å². The van der Waals surface area contributed by atoms with E-state index < -0.39 is 0 Å². The van der Waals surface area contributed by atoms with Crippen LogP contribution in [0.15, 0.2) is 65.6 Å². The molecule has 1 unspecified atom stereocenters. The van der Waals surface area contributed by atoms with E-state index in [9.17, 15) is 0 Å². The summed E-state index contributed by atoms with van der Waals surface area (Å²) in [6, 6.07) is 21.9. The SMILES string of the molecule is CCC(Cc1ccccc1)NCCSc1ccccc1. The van der Waals surface area contributed by atoms with E-state index in [1.165, 1.54) is 16.9 Å². The number of hydrogen-bond donors (Lipinski definition) is 1. The first-order valence-corrected chi connectivity index (χ1v) is 8.32. The van der Waals surface area contributed by atoms with Crippen LogP contribution in [0.5, 0.6) is 0 Å². The Kier molecular flexibility index (Phi) is 6.69. The smallest absolute Gasteiger partial charge is 0.0106 e. The molecule has 0 aliphatic rings. The van der Waals surface area contributed by atoms with E-state index in [2.05, 4.69) is 72.9 Å². The maximum Gasteiger partial charge on any atom is 0.0106 e. The zero-order chi connectivity index (χ0) is 14.0. The van der Waals surface area contributed by atoms with Gasteiger partial charge in [-0.2, -0.15) is 0 Å². The summed E-state index contributed by atoms with van der Waals surface area (Å²) in [6.07, 6.45) is 2.29. The molecule has 20 heavy (non-hydrogen) atoms. The number of nitrogens with one attached hydrogen (secondary N) is 1. The third-order valence-corrected chi connectivity index (χ3v) is 4.38. The van der Waals surface area contributed by atoms with Gasteiger partial charge in [0.15, 0.2) is 0 Å². The van der Waals surface area contributed by atoms with E-state index in [0.717, 1.165) is 18.7 Å². The summed E-state index contributed by atoms with van der Waals surface area (Å²) in [6.45, 7) is 3.32. The van der Waals surface area contributed by atoms with Gasteiger partial charge in [-0.05, 0) is 30.5 Å². The highest BCUT2D eigenvalue weighted by molar-refractivity contribution is 7.99. The van der Waals surface area contributed by atoms with Crippen molar-refractivity contribution in [2.24, 2.45) is 0 Å². The van der Waals surface area contributed by atoms with Crippen LogP contribution in [0.4, 0.5) is 0 Å². The average molecular weight is 285 g/mol. The zero-order valence-corrected chi connectivity index (χ0v) is 12.9. The van der Waals surface area contributed by atoms with Crippen LogP contribution in [-0.4, -0.2) is 18.3 Å². The molecule has 0 aliphatic carbocycles. The van der Waals surface area contributed by atoms with Gasteiger partial charge in [-0.15, -0.1) is 11.8 Å². The quantitative estimate of drug-likeness (QED) is 0.570. The second-order valence-electron chi connectivity index (χ2n) is 4.91. The highest BCUT2D eigenvalue weighted by atomic mass is 32.2. The van der Waals surface area contributed by atoms with E-state index in [1.54, 1.807) is 0 Å². The number of benzene rings is 2. The van der Waals surface area contributed by atoms with Crippen molar-refractivity contribution in [2.45, 2.75) is 30.7 Å². The van der Waals surface area contributed by atoms with Crippen molar-refractivity contribution in [2.75, 3.05) is 12.3 Å². The van der Waals surface area contributed by atoms with Gasteiger partial charge in [-0.1, -0.05) is 55.5 Å². The molecule has 0 bridgehead atoms. The van der Waals surface area contributed by atoms with Crippen LogP contribution in [0.25, 0.3) is 0 Å². The Morgan fingerprint density at radius 3 is 2.25 bits per heavy atom. The molecule has 0 saturated carbocycles. The summed E-state index contributed by atoms with van der Waals surface area (Å²) in [5.74, 6) is 1.12. The van der Waals surface area contributed by atoms with Crippen LogP contribution in [0, 0.1) is 0 Å². The minimum Gasteiger partial charge on any atom is -0.313 e. The lowest BCUT2D eigenvalue weighted by atomic mass is 10.0. The molecule has 0 spiro atoms. The Balaban J connectivity index is 1.69. The molecule has 1 nitrogen and oxygen atoms in total. The molecule has 106 valence electrons. The highest BCUT2D eigenvalue weighted by Crippen LogP contribution is 2.16. The molecule has 0 amide bonds. The van der Waals surface area contributed by atoms with Gasteiger partial charge in [-0.3, -0.25) is 0 Å². The Hall–Kier alpha value is -1.25. The lowest BCUT2D eigenvalue weighted by Crippen LogP contribution is -2.32. The molecule has 0 aromatic heterocycles. The summed E-state index contributed by atoms with van der Waals surface area (Å²) < 4.78 is 0. The van der Waals surface area contributed by atoms with Crippen molar-refractivity contribution < 1.29 is 0 Å². The Morgan fingerprint density at radius 2 is 1.60 bits per heavy atom.